The smallest absolute Gasteiger partial charge is 0.321 e. The van der Waals surface area contributed by atoms with Gasteiger partial charge < -0.3 is 20.2 Å². The zero-order valence-electron chi connectivity index (χ0n) is 12.6. The quantitative estimate of drug-likeness (QED) is 0.805. The van der Waals surface area contributed by atoms with Gasteiger partial charge in [-0.15, -0.1) is 0 Å². The van der Waals surface area contributed by atoms with Crippen LogP contribution in [-0.4, -0.2) is 49.3 Å². The molecule has 0 spiro atoms. The first-order valence-corrected chi connectivity index (χ1v) is 7.11. The van der Waals surface area contributed by atoms with Gasteiger partial charge in [0, 0.05) is 26.7 Å². The number of anilines is 2. The number of urea groups is 1. The summed E-state index contributed by atoms with van der Waals surface area (Å²) in [7, 11) is 1.99. The summed E-state index contributed by atoms with van der Waals surface area (Å²) in [5, 5.41) is 12.0. The van der Waals surface area contributed by atoms with Gasteiger partial charge in [0.2, 0.25) is 0 Å². The van der Waals surface area contributed by atoms with E-state index in [1.54, 1.807) is 4.90 Å². The Kier molecular flexibility index (Phi) is 6.87. The van der Waals surface area contributed by atoms with E-state index >= 15 is 0 Å². The lowest BCUT2D eigenvalue weighted by Crippen LogP contribution is -2.37. The van der Waals surface area contributed by atoms with Crippen molar-refractivity contribution in [2.24, 2.45) is 0 Å². The van der Waals surface area contributed by atoms with Crippen LogP contribution in [0.1, 0.15) is 20.3 Å². The highest BCUT2D eigenvalue weighted by Gasteiger charge is 2.14. The normalized spacial score (nSPS) is 10.2. The van der Waals surface area contributed by atoms with Crippen LogP contribution in [0.4, 0.5) is 16.2 Å². The van der Waals surface area contributed by atoms with Crippen molar-refractivity contribution in [3.05, 3.63) is 24.3 Å². The first kappa shape index (κ1) is 16.3. The molecular weight excluding hydrogens is 254 g/mol. The Labute approximate surface area is 121 Å². The minimum absolute atomic E-state index is 0.0239. The maximum Gasteiger partial charge on any atom is 0.321 e. The van der Waals surface area contributed by atoms with Crippen molar-refractivity contribution in [1.29, 1.82) is 0 Å². The Morgan fingerprint density at radius 1 is 1.25 bits per heavy atom. The van der Waals surface area contributed by atoms with E-state index in [0.29, 0.717) is 13.1 Å². The molecule has 0 heterocycles. The molecule has 0 radical (unpaired) electrons. The van der Waals surface area contributed by atoms with Gasteiger partial charge in [0.1, 0.15) is 0 Å². The second kappa shape index (κ2) is 8.43. The van der Waals surface area contributed by atoms with E-state index in [2.05, 4.69) is 17.1 Å². The van der Waals surface area contributed by atoms with Gasteiger partial charge >= 0.3 is 6.03 Å². The van der Waals surface area contributed by atoms with Crippen LogP contribution in [0.15, 0.2) is 24.3 Å². The van der Waals surface area contributed by atoms with E-state index in [9.17, 15) is 4.79 Å². The second-order valence-corrected chi connectivity index (χ2v) is 4.67. The Morgan fingerprint density at radius 3 is 2.55 bits per heavy atom. The fourth-order valence-corrected chi connectivity index (χ4v) is 1.98. The van der Waals surface area contributed by atoms with Crippen LogP contribution in [0.25, 0.3) is 0 Å². The minimum Gasteiger partial charge on any atom is -0.395 e. The molecule has 0 aromatic heterocycles. The first-order valence-electron chi connectivity index (χ1n) is 7.11. The van der Waals surface area contributed by atoms with Crippen LogP contribution in [0, 0.1) is 0 Å². The molecule has 1 aromatic carbocycles. The maximum absolute atomic E-state index is 12.2. The fourth-order valence-electron chi connectivity index (χ4n) is 1.98. The van der Waals surface area contributed by atoms with Crippen LogP contribution in [-0.2, 0) is 0 Å². The minimum atomic E-state index is -0.169. The van der Waals surface area contributed by atoms with Gasteiger partial charge in [-0.2, -0.15) is 0 Å². The molecule has 5 nitrogen and oxygen atoms in total. The van der Waals surface area contributed by atoms with Gasteiger partial charge in [0.15, 0.2) is 0 Å². The number of nitrogens with one attached hydrogen (secondary N) is 1. The lowest BCUT2D eigenvalue weighted by atomic mass is 10.2. The van der Waals surface area contributed by atoms with Crippen molar-refractivity contribution in [3.63, 3.8) is 0 Å². The van der Waals surface area contributed by atoms with E-state index in [1.165, 1.54) is 0 Å². The molecule has 2 N–H and O–H groups in total. The van der Waals surface area contributed by atoms with Crippen molar-refractivity contribution >= 4 is 17.4 Å². The molecule has 0 aliphatic heterocycles. The number of nitrogens with zero attached hydrogens (tertiary/aromatic N) is 2. The molecule has 0 fully saturated rings. The van der Waals surface area contributed by atoms with Crippen LogP contribution in [0.5, 0.6) is 0 Å². The third-order valence-electron chi connectivity index (χ3n) is 3.18. The van der Waals surface area contributed by atoms with Crippen LogP contribution >= 0.6 is 0 Å². The Hall–Kier alpha value is -1.75. The fraction of sp³-hybridized carbons (Fsp3) is 0.533. The van der Waals surface area contributed by atoms with E-state index in [1.807, 2.05) is 38.2 Å². The van der Waals surface area contributed by atoms with Crippen molar-refractivity contribution in [2.45, 2.75) is 20.3 Å². The first-order chi connectivity index (χ1) is 9.63. The third-order valence-corrected chi connectivity index (χ3v) is 3.18. The van der Waals surface area contributed by atoms with Gasteiger partial charge in [0.05, 0.1) is 18.0 Å². The van der Waals surface area contributed by atoms with E-state index < -0.39 is 0 Å². The molecular formula is C15H25N3O2. The van der Waals surface area contributed by atoms with Gasteiger partial charge in [-0.25, -0.2) is 4.79 Å². The summed E-state index contributed by atoms with van der Waals surface area (Å²) in [6, 6.07) is 7.56. The van der Waals surface area contributed by atoms with Gasteiger partial charge in [-0.05, 0) is 25.5 Å². The zero-order valence-corrected chi connectivity index (χ0v) is 12.6. The molecule has 0 aliphatic rings. The van der Waals surface area contributed by atoms with Gasteiger partial charge in [-0.1, -0.05) is 19.1 Å². The summed E-state index contributed by atoms with van der Waals surface area (Å²) < 4.78 is 0. The van der Waals surface area contributed by atoms with Crippen LogP contribution in [0.2, 0.25) is 0 Å². The largest absolute Gasteiger partial charge is 0.395 e. The van der Waals surface area contributed by atoms with Crippen LogP contribution in [0.3, 0.4) is 0 Å². The molecule has 1 rings (SSSR count). The summed E-state index contributed by atoms with van der Waals surface area (Å²) in [5.74, 6) is 0. The number of aliphatic hydroxyl groups excluding tert-OH is 1. The highest BCUT2D eigenvalue weighted by molar-refractivity contribution is 5.93. The molecule has 0 saturated heterocycles. The highest BCUT2D eigenvalue weighted by Crippen LogP contribution is 2.24. The summed E-state index contributed by atoms with van der Waals surface area (Å²) in [5.41, 5.74) is 1.78. The highest BCUT2D eigenvalue weighted by atomic mass is 16.3. The molecule has 0 aliphatic carbocycles. The summed E-state index contributed by atoms with van der Waals surface area (Å²) in [6.07, 6.45) is 0.865. The second-order valence-electron chi connectivity index (χ2n) is 4.67. The molecule has 1 aromatic rings. The molecule has 112 valence electrons. The van der Waals surface area contributed by atoms with Crippen molar-refractivity contribution in [3.8, 4) is 0 Å². The zero-order chi connectivity index (χ0) is 15.0. The van der Waals surface area contributed by atoms with E-state index in [-0.39, 0.29) is 12.6 Å². The number of carbonyl (C=O) groups excluding carboxylic acids is 1. The lowest BCUT2D eigenvalue weighted by Gasteiger charge is -2.25. The van der Waals surface area contributed by atoms with Gasteiger partial charge in [0.25, 0.3) is 0 Å². The maximum atomic E-state index is 12.2. The van der Waals surface area contributed by atoms with Crippen molar-refractivity contribution in [1.82, 2.24) is 4.90 Å². The number of rotatable bonds is 7. The molecule has 0 unspecified atom stereocenters. The molecule has 20 heavy (non-hydrogen) atoms. The monoisotopic (exact) mass is 279 g/mol. The van der Waals surface area contributed by atoms with E-state index in [4.69, 9.17) is 5.11 Å². The summed E-state index contributed by atoms with van der Waals surface area (Å²) in [4.78, 5) is 15.9. The third kappa shape index (κ3) is 4.42. The molecule has 5 heteroatoms. The molecule has 0 bridgehead atoms. The number of aliphatic hydroxyl groups is 1. The SMILES string of the molecule is CCCN(CCO)C(=O)Nc1ccccc1N(C)CC. The molecule has 0 saturated carbocycles. The van der Waals surface area contributed by atoms with Crippen molar-refractivity contribution in [2.75, 3.05) is 43.5 Å². The predicted octanol–water partition coefficient (Wildman–Crippen LogP) is 2.38. The Bertz CT molecular complexity index is 417. The lowest BCUT2D eigenvalue weighted by molar-refractivity contribution is 0.188. The number of para-hydroxylation sites is 2. The van der Waals surface area contributed by atoms with Crippen LogP contribution < -0.4 is 10.2 Å². The number of hydrogen-bond donors (Lipinski definition) is 2. The Morgan fingerprint density at radius 2 is 1.95 bits per heavy atom. The summed E-state index contributed by atoms with van der Waals surface area (Å²) >= 11 is 0. The number of hydrogen-bond acceptors (Lipinski definition) is 3. The number of carbonyl (C=O) groups is 1. The number of benzene rings is 1. The average Bonchev–Trinajstić information content (AvgIpc) is 2.46. The molecule has 2 amide bonds. The predicted molar refractivity (Wildman–Crippen MR) is 83.4 cm³/mol. The van der Waals surface area contributed by atoms with Crippen molar-refractivity contribution < 1.29 is 9.90 Å². The van der Waals surface area contributed by atoms with Gasteiger partial charge in [-0.3, -0.25) is 0 Å². The summed E-state index contributed by atoms with van der Waals surface area (Å²) in [6.45, 7) is 5.90. The molecule has 0 atom stereocenters. The standard InChI is InChI=1S/C15H25N3O2/c1-4-10-18(11-12-19)15(20)16-13-8-6-7-9-14(13)17(3)5-2/h6-9,19H,4-5,10-12H2,1-3H3,(H,16,20). The Balaban J connectivity index is 2.83. The van der Waals surface area contributed by atoms with E-state index in [0.717, 1.165) is 24.3 Å². The number of amides is 2. The average molecular weight is 279 g/mol. The topological polar surface area (TPSA) is 55.8 Å².